The van der Waals surface area contributed by atoms with Crippen molar-refractivity contribution in [3.8, 4) is 0 Å². The molecule has 0 spiro atoms. The van der Waals surface area contributed by atoms with Crippen molar-refractivity contribution in [1.29, 1.82) is 0 Å². The lowest BCUT2D eigenvalue weighted by atomic mass is 9.81. The highest BCUT2D eigenvalue weighted by molar-refractivity contribution is 6.30. The average molecular weight is 524 g/mol. The van der Waals surface area contributed by atoms with Crippen LogP contribution in [0.25, 0.3) is 0 Å². The monoisotopic (exact) mass is 523 g/mol. The molecule has 3 aromatic rings. The van der Waals surface area contributed by atoms with Gasteiger partial charge in [0.05, 0.1) is 12.0 Å². The highest BCUT2D eigenvalue weighted by atomic mass is 35.5. The molecule has 1 fully saturated rings. The van der Waals surface area contributed by atoms with Crippen molar-refractivity contribution in [3.05, 3.63) is 71.1 Å². The highest BCUT2D eigenvalue weighted by Gasteiger charge is 2.55. The zero-order valence-corrected chi connectivity index (χ0v) is 21.9. The van der Waals surface area contributed by atoms with Gasteiger partial charge in [-0.05, 0) is 48.2 Å². The number of imide groups is 1. The summed E-state index contributed by atoms with van der Waals surface area (Å²) in [5, 5.41) is 6.43. The number of likely N-dealkylation sites (tertiary alicyclic amines) is 1. The Kier molecular flexibility index (Phi) is 7.77. The highest BCUT2D eigenvalue weighted by Crippen LogP contribution is 2.33. The second-order valence-corrected chi connectivity index (χ2v) is 9.40. The summed E-state index contributed by atoms with van der Waals surface area (Å²) in [4.78, 5) is 51.3. The summed E-state index contributed by atoms with van der Waals surface area (Å²) < 4.78 is 1.70. The molecule has 1 unspecified atom stereocenters. The fraction of sp³-hybridized carbons (Fsp3) is 0.346. The van der Waals surface area contributed by atoms with Gasteiger partial charge in [-0.3, -0.25) is 19.4 Å². The normalized spacial score (nSPS) is 17.6. The second-order valence-electron chi connectivity index (χ2n) is 8.96. The molecule has 1 saturated heterocycles. The lowest BCUT2D eigenvalue weighted by Gasteiger charge is -2.45. The van der Waals surface area contributed by atoms with Crippen LogP contribution in [-0.4, -0.2) is 57.4 Å². The lowest BCUT2D eigenvalue weighted by Crippen LogP contribution is -2.70. The number of nitrogens with one attached hydrogen (secondary N) is 2. The van der Waals surface area contributed by atoms with E-state index in [1.807, 2.05) is 19.1 Å². The lowest BCUT2D eigenvalue weighted by molar-refractivity contribution is -0.156. The van der Waals surface area contributed by atoms with E-state index in [0.717, 1.165) is 16.0 Å². The smallest absolute Gasteiger partial charge is 0.325 e. The molecule has 10 nitrogen and oxygen atoms in total. The number of amides is 4. The zero-order chi connectivity index (χ0) is 26.7. The SMILES string of the molecule is CCC(NC(=O)N1C(=O)[C@H](Cc2ccnc(NC)c2)[C@H]1C(=O)N(C)c1nccn1C)c1cccc(Cl)c1. The van der Waals surface area contributed by atoms with Crippen molar-refractivity contribution in [3.63, 3.8) is 0 Å². The van der Waals surface area contributed by atoms with Crippen LogP contribution in [0, 0.1) is 5.92 Å². The van der Waals surface area contributed by atoms with E-state index >= 15 is 0 Å². The standard InChI is InChI=1S/C26H30ClN7O3/c1-5-20(17-7-6-8-18(27)15-17)31-26(37)34-22(24(36)33(4)25-30-11-12-32(25)3)19(23(34)35)13-16-9-10-29-21(14-16)28-2/h6-12,14-15,19-20,22H,5,13H2,1-4H3,(H,28,29)(H,31,37)/t19-,20?,22+/m1/s1. The number of aryl methyl sites for hydroxylation is 1. The van der Waals surface area contributed by atoms with E-state index in [4.69, 9.17) is 11.6 Å². The Morgan fingerprint density at radius 2 is 1.97 bits per heavy atom. The molecule has 0 saturated carbocycles. The molecule has 3 atom stereocenters. The number of halogens is 1. The summed E-state index contributed by atoms with van der Waals surface area (Å²) >= 11 is 6.14. The van der Waals surface area contributed by atoms with Crippen LogP contribution in [0.5, 0.6) is 0 Å². The first-order valence-corrected chi connectivity index (χ1v) is 12.4. The molecule has 4 amide bonds. The zero-order valence-electron chi connectivity index (χ0n) is 21.2. The van der Waals surface area contributed by atoms with Crippen molar-refractivity contribution in [2.75, 3.05) is 24.3 Å². The number of carbonyl (C=O) groups excluding carboxylic acids is 3. The van der Waals surface area contributed by atoms with Gasteiger partial charge < -0.3 is 15.2 Å². The molecule has 0 radical (unpaired) electrons. The van der Waals surface area contributed by atoms with Gasteiger partial charge in [-0.15, -0.1) is 0 Å². The van der Waals surface area contributed by atoms with Crippen molar-refractivity contribution >= 4 is 41.2 Å². The van der Waals surface area contributed by atoms with Gasteiger partial charge in [0.25, 0.3) is 5.91 Å². The predicted molar refractivity (Wildman–Crippen MR) is 141 cm³/mol. The molecule has 194 valence electrons. The molecule has 0 aliphatic carbocycles. The minimum Gasteiger partial charge on any atom is -0.373 e. The Morgan fingerprint density at radius 1 is 1.19 bits per heavy atom. The fourth-order valence-electron chi connectivity index (χ4n) is 4.59. The number of pyridine rings is 1. The van der Waals surface area contributed by atoms with E-state index in [0.29, 0.717) is 23.2 Å². The number of aromatic nitrogens is 3. The maximum Gasteiger partial charge on any atom is 0.325 e. The molecule has 1 aliphatic heterocycles. The van der Waals surface area contributed by atoms with E-state index in [1.54, 1.807) is 68.6 Å². The van der Waals surface area contributed by atoms with E-state index in [1.165, 1.54) is 4.90 Å². The number of hydrogen-bond donors (Lipinski definition) is 2. The maximum absolute atomic E-state index is 13.7. The van der Waals surface area contributed by atoms with Gasteiger partial charge in [-0.2, -0.15) is 0 Å². The Bertz CT molecular complexity index is 1310. The Balaban J connectivity index is 1.61. The van der Waals surface area contributed by atoms with E-state index in [9.17, 15) is 14.4 Å². The third-order valence-corrected chi connectivity index (χ3v) is 6.84. The van der Waals surface area contributed by atoms with E-state index in [2.05, 4.69) is 20.6 Å². The van der Waals surface area contributed by atoms with Crippen LogP contribution in [-0.2, 0) is 23.1 Å². The van der Waals surface area contributed by atoms with Crippen molar-refractivity contribution in [2.24, 2.45) is 13.0 Å². The number of rotatable bonds is 8. The summed E-state index contributed by atoms with van der Waals surface area (Å²) in [6.07, 6.45) is 5.81. The van der Waals surface area contributed by atoms with Crippen molar-refractivity contribution < 1.29 is 14.4 Å². The molecule has 3 heterocycles. The van der Waals surface area contributed by atoms with Crippen LogP contribution in [0.15, 0.2) is 55.0 Å². The molecule has 1 aromatic carbocycles. The number of carbonyl (C=O) groups is 3. The number of hydrogen-bond acceptors (Lipinski definition) is 6. The van der Waals surface area contributed by atoms with Crippen LogP contribution in [0.1, 0.15) is 30.5 Å². The number of benzene rings is 1. The van der Waals surface area contributed by atoms with Gasteiger partial charge >= 0.3 is 6.03 Å². The first-order chi connectivity index (χ1) is 17.7. The van der Waals surface area contributed by atoms with E-state index < -0.39 is 29.8 Å². The molecule has 37 heavy (non-hydrogen) atoms. The van der Waals surface area contributed by atoms with Crippen LogP contribution in [0.3, 0.4) is 0 Å². The van der Waals surface area contributed by atoms with Crippen LogP contribution in [0.2, 0.25) is 5.02 Å². The third kappa shape index (κ3) is 5.29. The minimum absolute atomic E-state index is 0.288. The number of likely N-dealkylation sites (N-methyl/N-ethyl adjacent to an activating group) is 1. The van der Waals surface area contributed by atoms with Gasteiger partial charge in [0, 0.05) is 44.8 Å². The molecule has 4 rings (SSSR count). The number of anilines is 2. The van der Waals surface area contributed by atoms with Gasteiger partial charge in [0.15, 0.2) is 0 Å². The molecule has 0 bridgehead atoms. The van der Waals surface area contributed by atoms with Crippen molar-refractivity contribution in [1.82, 2.24) is 24.8 Å². The number of imidazole rings is 1. The fourth-order valence-corrected chi connectivity index (χ4v) is 4.79. The predicted octanol–water partition coefficient (Wildman–Crippen LogP) is 3.40. The Morgan fingerprint density at radius 3 is 2.62 bits per heavy atom. The van der Waals surface area contributed by atoms with Gasteiger partial charge in [-0.1, -0.05) is 30.7 Å². The quantitative estimate of drug-likeness (QED) is 0.438. The first-order valence-electron chi connectivity index (χ1n) is 12.0. The van der Waals surface area contributed by atoms with Crippen LogP contribution >= 0.6 is 11.6 Å². The summed E-state index contributed by atoms with van der Waals surface area (Å²) in [5.74, 6) is -0.450. The summed E-state index contributed by atoms with van der Waals surface area (Å²) in [6.45, 7) is 1.92. The minimum atomic E-state index is -0.989. The maximum atomic E-state index is 13.7. The molecular weight excluding hydrogens is 494 g/mol. The third-order valence-electron chi connectivity index (χ3n) is 6.61. The summed E-state index contributed by atoms with van der Waals surface area (Å²) in [5.41, 5.74) is 1.65. The van der Waals surface area contributed by atoms with Crippen LogP contribution in [0.4, 0.5) is 16.6 Å². The van der Waals surface area contributed by atoms with Gasteiger partial charge in [-0.25, -0.2) is 14.8 Å². The Labute approximate surface area is 220 Å². The summed E-state index contributed by atoms with van der Waals surface area (Å²) in [6, 6.07) is 8.84. The van der Waals surface area contributed by atoms with Crippen molar-refractivity contribution in [2.45, 2.75) is 31.8 Å². The molecular formula is C26H30ClN7O3. The molecule has 2 N–H and O–H groups in total. The molecule has 11 heteroatoms. The van der Waals surface area contributed by atoms with Gasteiger partial charge in [0.1, 0.15) is 11.9 Å². The first kappa shape index (κ1) is 26.2. The topological polar surface area (TPSA) is 112 Å². The summed E-state index contributed by atoms with van der Waals surface area (Å²) in [7, 11) is 5.12. The number of β-lactam (4-membered cyclic amide) rings is 1. The van der Waals surface area contributed by atoms with Gasteiger partial charge in [0.2, 0.25) is 11.9 Å². The number of urea groups is 1. The van der Waals surface area contributed by atoms with Crippen LogP contribution < -0.4 is 15.5 Å². The average Bonchev–Trinajstić information content (AvgIpc) is 3.33. The molecule has 2 aromatic heterocycles. The Hall–Kier alpha value is -3.92. The largest absolute Gasteiger partial charge is 0.373 e. The molecule has 1 aliphatic rings. The second kappa shape index (κ2) is 11.0. The number of nitrogens with zero attached hydrogens (tertiary/aromatic N) is 5. The van der Waals surface area contributed by atoms with E-state index in [-0.39, 0.29) is 12.5 Å².